The van der Waals surface area contributed by atoms with E-state index < -0.39 is 21.7 Å². The first-order chi connectivity index (χ1) is 33.0. The molecule has 22 nitrogen and oxygen atoms in total. The summed E-state index contributed by atoms with van der Waals surface area (Å²) in [7, 11) is 0. The van der Waals surface area contributed by atoms with E-state index in [0.29, 0.717) is 44.3 Å². The van der Waals surface area contributed by atoms with Gasteiger partial charge >= 0.3 is 0 Å². The van der Waals surface area contributed by atoms with E-state index in [2.05, 4.69) is 51.8 Å². The fourth-order valence-electron chi connectivity index (χ4n) is 6.09. The Labute approximate surface area is 399 Å². The van der Waals surface area contributed by atoms with Crippen LogP contribution >= 0.6 is 46.2 Å². The van der Waals surface area contributed by atoms with Gasteiger partial charge in [0.05, 0.1) is 34.1 Å². The maximum atomic E-state index is 13.5. The fraction of sp³-hybridized carbons (Fsp3) is 0.0952. The average Bonchev–Trinajstić information content (AvgIpc) is 4.17. The van der Waals surface area contributed by atoms with Crippen LogP contribution in [-0.4, -0.2) is 84.7 Å². The van der Waals surface area contributed by atoms with Crippen LogP contribution in [0.5, 0.6) is 0 Å². The molecular formula is C42H32N14O8S4. The molecule has 0 fully saturated rings. The number of non-ortho nitro benzene ring substituents is 2. The van der Waals surface area contributed by atoms with Crippen LogP contribution in [0.1, 0.15) is 64.5 Å². The van der Waals surface area contributed by atoms with E-state index in [-0.39, 0.29) is 69.1 Å². The molecule has 4 aromatic carbocycles. The molecule has 0 radical (unpaired) electrons. The standard InChI is InChI=1S/C42H32N14O8S4/c57-35(25-9-3-1-4-10-25)45-39-43-29(23-67-39)21-33-47-49-41(53(33)51-37(59)27-13-7-15-31(19-27)55(61)62)65-17-18-66-42-50-48-34(54(42)52-38(60)28-14-8-16-32(20-28)56(63)64)22-30-24-68-40(44-30)46-36(58)26-11-5-2-6-12-26/h1-16,19-20,23-24H,17-18,21-22H2,(H,51,59)(H,52,60)(H,43,45,57)(H,44,46,58). The Bertz CT molecular complexity index is 2950. The summed E-state index contributed by atoms with van der Waals surface area (Å²) in [6, 6.07) is 27.7. The second-order valence-corrected chi connectivity index (χ2v) is 17.8. The number of nitrogens with zero attached hydrogens (tertiary/aromatic N) is 10. The van der Waals surface area contributed by atoms with Crippen molar-refractivity contribution in [3.8, 4) is 0 Å². The number of benzene rings is 4. The number of amides is 4. The Hall–Kier alpha value is -8.20. The molecule has 0 unspecified atom stereocenters. The summed E-state index contributed by atoms with van der Waals surface area (Å²) in [6.45, 7) is 0. The number of nitro benzene ring substituents is 2. The highest BCUT2D eigenvalue weighted by Gasteiger charge is 2.22. The SMILES string of the molecule is O=C(Nc1nc(Cc2nnc(SCCSc3nnc(Cc4csc(NC(=O)c5ccccc5)n4)n3NC(=O)c3cccc([N+](=O)[O-])c3)n2NC(=O)c2cccc([N+](=O)[O-])c2)cs1)c1ccccc1. The predicted octanol–water partition coefficient (Wildman–Crippen LogP) is 6.94. The molecule has 0 aliphatic rings. The minimum absolute atomic E-state index is 0.0121. The van der Waals surface area contributed by atoms with Gasteiger partial charge in [-0.15, -0.1) is 43.1 Å². The third-order valence-corrected chi connectivity index (χ3v) is 13.0. The van der Waals surface area contributed by atoms with Crippen molar-refractivity contribution in [2.45, 2.75) is 23.2 Å². The van der Waals surface area contributed by atoms with E-state index >= 15 is 0 Å². The number of anilines is 2. The van der Waals surface area contributed by atoms with Gasteiger partial charge in [-0.3, -0.25) is 60.9 Å². The molecule has 26 heteroatoms. The minimum atomic E-state index is -0.675. The van der Waals surface area contributed by atoms with Crippen molar-refractivity contribution in [1.82, 2.24) is 39.7 Å². The Kier molecular flexibility index (Phi) is 14.6. The average molecular weight is 989 g/mol. The second kappa shape index (κ2) is 21.4. The number of carbonyl (C=O) groups excluding carboxylic acids is 4. The van der Waals surface area contributed by atoms with Gasteiger partial charge < -0.3 is 0 Å². The Morgan fingerprint density at radius 3 is 1.32 bits per heavy atom. The predicted molar refractivity (Wildman–Crippen MR) is 254 cm³/mol. The summed E-state index contributed by atoms with van der Waals surface area (Å²) in [6.07, 6.45) is 0.149. The Morgan fingerprint density at radius 1 is 0.529 bits per heavy atom. The molecular weight excluding hydrogens is 957 g/mol. The molecule has 68 heavy (non-hydrogen) atoms. The highest BCUT2D eigenvalue weighted by molar-refractivity contribution is 8.02. The molecule has 4 heterocycles. The number of carbonyl (C=O) groups is 4. The van der Waals surface area contributed by atoms with Crippen LogP contribution in [0.25, 0.3) is 0 Å². The Morgan fingerprint density at radius 2 is 0.926 bits per heavy atom. The molecule has 8 aromatic rings. The molecule has 0 bridgehead atoms. The zero-order chi connectivity index (χ0) is 47.6. The highest BCUT2D eigenvalue weighted by atomic mass is 32.2. The third-order valence-electron chi connectivity index (χ3n) is 9.31. The van der Waals surface area contributed by atoms with Crippen molar-refractivity contribution < 1.29 is 29.0 Å². The van der Waals surface area contributed by atoms with Gasteiger partial charge in [-0.2, -0.15) is 0 Å². The first kappa shape index (κ1) is 46.3. The normalized spacial score (nSPS) is 10.9. The van der Waals surface area contributed by atoms with Crippen molar-refractivity contribution >= 4 is 91.5 Å². The van der Waals surface area contributed by atoms with Gasteiger partial charge in [-0.05, 0) is 36.4 Å². The van der Waals surface area contributed by atoms with Crippen molar-refractivity contribution in [3.63, 3.8) is 0 Å². The molecule has 0 aliphatic carbocycles. The molecule has 0 spiro atoms. The van der Waals surface area contributed by atoms with Crippen LogP contribution in [-0.2, 0) is 12.8 Å². The number of aromatic nitrogens is 8. The monoisotopic (exact) mass is 988 g/mol. The number of rotatable bonds is 19. The van der Waals surface area contributed by atoms with Crippen LogP contribution < -0.4 is 21.5 Å². The van der Waals surface area contributed by atoms with E-state index in [1.54, 1.807) is 71.4 Å². The quantitative estimate of drug-likeness (QED) is 0.0276. The second-order valence-electron chi connectivity index (χ2n) is 13.9. The maximum absolute atomic E-state index is 13.5. The van der Waals surface area contributed by atoms with Crippen LogP contribution in [0.15, 0.2) is 130 Å². The maximum Gasteiger partial charge on any atom is 0.270 e. The molecule has 0 atom stereocenters. The lowest BCUT2D eigenvalue weighted by Crippen LogP contribution is -2.26. The summed E-state index contributed by atoms with van der Waals surface area (Å²) in [5, 5.41) is 50.4. The van der Waals surface area contributed by atoms with Crippen LogP contribution in [0.3, 0.4) is 0 Å². The third kappa shape index (κ3) is 11.6. The lowest BCUT2D eigenvalue weighted by Gasteiger charge is -2.12. The molecule has 0 saturated carbocycles. The van der Waals surface area contributed by atoms with E-state index in [0.717, 1.165) is 12.1 Å². The first-order valence-corrected chi connectivity index (χ1v) is 23.6. The van der Waals surface area contributed by atoms with Crippen molar-refractivity contribution in [1.29, 1.82) is 0 Å². The number of hydrogen-bond acceptors (Lipinski definition) is 18. The number of hydrogen-bond donors (Lipinski definition) is 4. The summed E-state index contributed by atoms with van der Waals surface area (Å²) in [5.74, 6) is -0.828. The molecule has 0 aliphatic heterocycles. The van der Waals surface area contributed by atoms with Gasteiger partial charge in [0.2, 0.25) is 10.3 Å². The summed E-state index contributed by atoms with van der Waals surface area (Å²) >= 11 is 4.82. The van der Waals surface area contributed by atoms with Crippen molar-refractivity contribution in [2.75, 3.05) is 33.0 Å². The molecule has 4 amide bonds. The van der Waals surface area contributed by atoms with Gasteiger partial charge in [0.25, 0.3) is 35.0 Å². The molecule has 342 valence electrons. The van der Waals surface area contributed by atoms with Gasteiger partial charge in [0, 0.05) is 68.8 Å². The lowest BCUT2D eigenvalue weighted by atomic mass is 10.2. The summed E-state index contributed by atoms with van der Waals surface area (Å²) in [4.78, 5) is 83.4. The van der Waals surface area contributed by atoms with Gasteiger partial charge in [-0.1, -0.05) is 72.1 Å². The smallest absolute Gasteiger partial charge is 0.270 e. The van der Waals surface area contributed by atoms with Crippen LogP contribution in [0.4, 0.5) is 21.6 Å². The number of nitrogens with one attached hydrogen (secondary N) is 4. The van der Waals surface area contributed by atoms with E-state index in [1.165, 1.54) is 91.9 Å². The van der Waals surface area contributed by atoms with Crippen molar-refractivity contribution in [3.05, 3.63) is 185 Å². The molecule has 4 N–H and O–H groups in total. The summed E-state index contributed by atoms with van der Waals surface area (Å²) in [5.41, 5.74) is 6.90. The lowest BCUT2D eigenvalue weighted by molar-refractivity contribution is -0.385. The molecule has 8 rings (SSSR count). The topological polar surface area (TPSA) is 290 Å². The highest BCUT2D eigenvalue weighted by Crippen LogP contribution is 2.26. The number of thiazole rings is 2. The number of nitro groups is 2. The zero-order valence-corrected chi connectivity index (χ0v) is 38.0. The number of thioether (sulfide) groups is 2. The van der Waals surface area contributed by atoms with Gasteiger partial charge in [-0.25, -0.2) is 19.3 Å². The van der Waals surface area contributed by atoms with Gasteiger partial charge in [0.1, 0.15) is 0 Å². The Balaban J connectivity index is 0.991. The first-order valence-electron chi connectivity index (χ1n) is 19.8. The largest absolute Gasteiger partial charge is 0.298 e. The van der Waals surface area contributed by atoms with E-state index in [9.17, 15) is 39.4 Å². The van der Waals surface area contributed by atoms with Gasteiger partial charge in [0.15, 0.2) is 21.9 Å². The minimum Gasteiger partial charge on any atom is -0.298 e. The fourth-order valence-corrected chi connectivity index (χ4v) is 9.29. The van der Waals surface area contributed by atoms with E-state index in [1.807, 2.05) is 0 Å². The van der Waals surface area contributed by atoms with E-state index in [4.69, 9.17) is 0 Å². The molecule has 4 aromatic heterocycles. The molecule has 0 saturated heterocycles. The summed E-state index contributed by atoms with van der Waals surface area (Å²) < 4.78 is 2.73. The van der Waals surface area contributed by atoms with Crippen LogP contribution in [0, 0.1) is 20.2 Å². The van der Waals surface area contributed by atoms with Crippen molar-refractivity contribution in [2.24, 2.45) is 0 Å². The van der Waals surface area contributed by atoms with Crippen LogP contribution in [0.2, 0.25) is 0 Å². The zero-order valence-electron chi connectivity index (χ0n) is 34.7.